The maximum absolute atomic E-state index is 13.2. The summed E-state index contributed by atoms with van der Waals surface area (Å²) in [5.74, 6) is -0.0533. The molecule has 37 heavy (non-hydrogen) atoms. The van der Waals surface area contributed by atoms with Crippen LogP contribution in [0.1, 0.15) is 39.8 Å². The minimum absolute atomic E-state index is 0.0121. The van der Waals surface area contributed by atoms with Crippen molar-refractivity contribution in [2.24, 2.45) is 0 Å². The lowest BCUT2D eigenvalue weighted by atomic mass is 9.99. The van der Waals surface area contributed by atoms with E-state index in [1.165, 1.54) is 4.90 Å². The number of hydrogen-bond donors (Lipinski definition) is 1. The van der Waals surface area contributed by atoms with Gasteiger partial charge < -0.3 is 19.2 Å². The molecule has 0 radical (unpaired) electrons. The number of amides is 1. The zero-order valence-electron chi connectivity index (χ0n) is 20.5. The Morgan fingerprint density at radius 3 is 2.38 bits per heavy atom. The monoisotopic (exact) mass is 494 g/mol. The number of hydrogen-bond acceptors (Lipinski definition) is 6. The second kappa shape index (κ2) is 10.1. The Bertz CT molecular complexity index is 1470. The molecule has 2 aromatic carbocycles. The average Bonchev–Trinajstić information content (AvgIpc) is 3.45. The lowest BCUT2D eigenvalue weighted by Crippen LogP contribution is -2.29. The summed E-state index contributed by atoms with van der Waals surface area (Å²) < 4.78 is 11.7. The molecule has 7 heteroatoms. The first-order chi connectivity index (χ1) is 17.9. The third kappa shape index (κ3) is 4.89. The van der Waals surface area contributed by atoms with E-state index >= 15 is 0 Å². The number of benzene rings is 2. The van der Waals surface area contributed by atoms with Crippen molar-refractivity contribution in [3.63, 3.8) is 0 Å². The normalized spacial score (nSPS) is 16.8. The highest BCUT2D eigenvalue weighted by Gasteiger charge is 2.47. The SMILES string of the molecule is Cc1ccc([C@H]2C(=C(O)c3ccc(OCc4ccccc4C)cc3)C(=O)C(=O)N2Cc2ccncc2)o1. The van der Waals surface area contributed by atoms with Crippen LogP contribution in [0.5, 0.6) is 5.75 Å². The van der Waals surface area contributed by atoms with Crippen molar-refractivity contribution in [2.45, 2.75) is 33.0 Å². The maximum Gasteiger partial charge on any atom is 0.296 e. The fourth-order valence-electron chi connectivity index (χ4n) is 4.42. The first kappa shape index (κ1) is 24.1. The number of aliphatic hydroxyl groups excluding tert-OH is 1. The Balaban J connectivity index is 1.46. The number of pyridine rings is 1. The third-order valence-corrected chi connectivity index (χ3v) is 6.46. The Labute approximate surface area is 214 Å². The van der Waals surface area contributed by atoms with E-state index in [1.807, 2.05) is 31.2 Å². The number of ketones is 1. The maximum atomic E-state index is 13.2. The molecule has 0 spiro atoms. The number of Topliss-reactive ketones (excluding diaryl/α,β-unsaturated/α-hetero) is 1. The number of aliphatic hydroxyl groups is 1. The predicted octanol–water partition coefficient (Wildman–Crippen LogP) is 5.49. The van der Waals surface area contributed by atoms with Gasteiger partial charge >= 0.3 is 0 Å². The number of aromatic nitrogens is 1. The van der Waals surface area contributed by atoms with Gasteiger partial charge in [-0.05, 0) is 79.1 Å². The molecular formula is C30H26N2O5. The molecule has 3 heterocycles. The number of carbonyl (C=O) groups excluding carboxylic acids is 2. The molecule has 0 bridgehead atoms. The Morgan fingerprint density at radius 2 is 1.70 bits per heavy atom. The number of carbonyl (C=O) groups is 2. The van der Waals surface area contributed by atoms with Crippen LogP contribution in [0.3, 0.4) is 0 Å². The minimum Gasteiger partial charge on any atom is -0.507 e. The quantitative estimate of drug-likeness (QED) is 0.207. The molecule has 1 aliphatic heterocycles. The van der Waals surface area contributed by atoms with Gasteiger partial charge in [0, 0.05) is 24.5 Å². The highest BCUT2D eigenvalue weighted by atomic mass is 16.5. The number of nitrogens with zero attached hydrogens (tertiary/aromatic N) is 2. The average molecular weight is 495 g/mol. The molecule has 1 atom stereocenters. The second-order valence-corrected chi connectivity index (χ2v) is 8.97. The van der Waals surface area contributed by atoms with Crippen molar-refractivity contribution in [1.82, 2.24) is 9.88 Å². The van der Waals surface area contributed by atoms with Gasteiger partial charge in [0.25, 0.3) is 11.7 Å². The highest BCUT2D eigenvalue weighted by Crippen LogP contribution is 2.41. The fourth-order valence-corrected chi connectivity index (χ4v) is 4.42. The zero-order chi connectivity index (χ0) is 25.9. The van der Waals surface area contributed by atoms with Crippen molar-refractivity contribution >= 4 is 17.4 Å². The smallest absolute Gasteiger partial charge is 0.296 e. The van der Waals surface area contributed by atoms with Gasteiger partial charge in [-0.15, -0.1) is 0 Å². The van der Waals surface area contributed by atoms with Crippen LogP contribution >= 0.6 is 0 Å². The molecule has 7 nitrogen and oxygen atoms in total. The summed E-state index contributed by atoms with van der Waals surface area (Å²) in [5, 5.41) is 11.3. The van der Waals surface area contributed by atoms with Crippen LogP contribution < -0.4 is 4.74 Å². The van der Waals surface area contributed by atoms with Crippen LogP contribution in [0.15, 0.2) is 95.2 Å². The van der Waals surface area contributed by atoms with Gasteiger partial charge in [-0.1, -0.05) is 24.3 Å². The van der Waals surface area contributed by atoms with Crippen molar-refractivity contribution in [3.05, 3.63) is 125 Å². The minimum atomic E-state index is -0.862. The highest BCUT2D eigenvalue weighted by molar-refractivity contribution is 6.46. The van der Waals surface area contributed by atoms with Crippen molar-refractivity contribution in [1.29, 1.82) is 0 Å². The summed E-state index contributed by atoms with van der Waals surface area (Å²) in [4.78, 5) is 31.7. The summed E-state index contributed by atoms with van der Waals surface area (Å²) in [5.41, 5.74) is 3.42. The first-order valence-electron chi connectivity index (χ1n) is 11.9. The predicted molar refractivity (Wildman–Crippen MR) is 137 cm³/mol. The summed E-state index contributed by atoms with van der Waals surface area (Å²) >= 11 is 0. The van der Waals surface area contributed by atoms with Crippen LogP contribution in [0.2, 0.25) is 0 Å². The van der Waals surface area contributed by atoms with Crippen molar-refractivity contribution in [3.8, 4) is 5.75 Å². The Morgan fingerprint density at radius 1 is 0.973 bits per heavy atom. The molecule has 0 unspecified atom stereocenters. The van der Waals surface area contributed by atoms with E-state index in [4.69, 9.17) is 9.15 Å². The molecule has 1 amide bonds. The van der Waals surface area contributed by atoms with Crippen LogP contribution in [-0.4, -0.2) is 26.7 Å². The van der Waals surface area contributed by atoms with Crippen LogP contribution in [0, 0.1) is 13.8 Å². The molecule has 0 aliphatic carbocycles. The molecule has 1 fully saturated rings. The zero-order valence-corrected chi connectivity index (χ0v) is 20.5. The van der Waals surface area contributed by atoms with E-state index in [0.717, 1.165) is 16.7 Å². The second-order valence-electron chi connectivity index (χ2n) is 8.97. The number of rotatable bonds is 7. The summed E-state index contributed by atoms with van der Waals surface area (Å²) in [7, 11) is 0. The van der Waals surface area contributed by atoms with Gasteiger partial charge in [-0.2, -0.15) is 0 Å². The van der Waals surface area contributed by atoms with Gasteiger partial charge in [-0.3, -0.25) is 14.6 Å². The van der Waals surface area contributed by atoms with Crippen molar-refractivity contribution in [2.75, 3.05) is 0 Å². The van der Waals surface area contributed by atoms with E-state index in [1.54, 1.807) is 67.8 Å². The number of likely N-dealkylation sites (tertiary alicyclic amines) is 1. The molecule has 1 N–H and O–H groups in total. The Kier molecular flexibility index (Phi) is 6.60. The standard InChI is InChI=1S/C30H26N2O5/c1-19-5-3-4-6-23(19)18-36-24-10-8-22(9-11-24)28(33)26-27(25-12-7-20(2)37-25)32(30(35)29(26)34)17-21-13-15-31-16-14-21/h3-16,27,33H,17-18H2,1-2H3/t27-/m0/s1. The molecule has 5 rings (SSSR count). The number of aryl methyl sites for hydroxylation is 2. The van der Waals surface area contributed by atoms with E-state index in [2.05, 4.69) is 4.98 Å². The van der Waals surface area contributed by atoms with Crippen molar-refractivity contribution < 1.29 is 23.8 Å². The summed E-state index contributed by atoms with van der Waals surface area (Å²) in [6, 6.07) is 21.0. The lowest BCUT2D eigenvalue weighted by molar-refractivity contribution is -0.140. The van der Waals surface area contributed by atoms with Gasteiger partial charge in [0.2, 0.25) is 0 Å². The van der Waals surface area contributed by atoms with Gasteiger partial charge in [0.15, 0.2) is 0 Å². The largest absolute Gasteiger partial charge is 0.507 e. The molecule has 2 aromatic heterocycles. The topological polar surface area (TPSA) is 92.9 Å². The summed E-state index contributed by atoms with van der Waals surface area (Å²) in [6.45, 7) is 4.39. The molecule has 4 aromatic rings. The van der Waals surface area contributed by atoms with E-state index in [0.29, 0.717) is 29.4 Å². The number of ether oxygens (including phenoxy) is 1. The molecular weight excluding hydrogens is 468 g/mol. The van der Waals surface area contributed by atoms with E-state index in [-0.39, 0.29) is 17.9 Å². The Hall–Kier alpha value is -4.65. The van der Waals surface area contributed by atoms with E-state index < -0.39 is 17.7 Å². The number of furan rings is 1. The molecule has 1 saturated heterocycles. The molecule has 0 saturated carbocycles. The molecule has 1 aliphatic rings. The fraction of sp³-hybridized carbons (Fsp3) is 0.167. The van der Waals surface area contributed by atoms with Gasteiger partial charge in [-0.25, -0.2) is 0 Å². The van der Waals surface area contributed by atoms with Gasteiger partial charge in [0.05, 0.1) is 5.57 Å². The lowest BCUT2D eigenvalue weighted by Gasteiger charge is -2.23. The van der Waals surface area contributed by atoms with Crippen LogP contribution in [0.25, 0.3) is 5.76 Å². The van der Waals surface area contributed by atoms with Crippen LogP contribution in [-0.2, 0) is 22.7 Å². The summed E-state index contributed by atoms with van der Waals surface area (Å²) in [6.07, 6.45) is 3.25. The van der Waals surface area contributed by atoms with Crippen LogP contribution in [0.4, 0.5) is 0 Å². The molecule has 186 valence electrons. The van der Waals surface area contributed by atoms with Gasteiger partial charge in [0.1, 0.15) is 35.7 Å². The first-order valence-corrected chi connectivity index (χ1v) is 11.9. The van der Waals surface area contributed by atoms with E-state index in [9.17, 15) is 14.7 Å². The third-order valence-electron chi connectivity index (χ3n) is 6.46.